The zero-order chi connectivity index (χ0) is 16.8. The van der Waals surface area contributed by atoms with Gasteiger partial charge in [-0.25, -0.2) is 0 Å². The number of rotatable bonds is 5. The predicted molar refractivity (Wildman–Crippen MR) is 102 cm³/mol. The Bertz CT molecular complexity index is 703. The maximum atomic E-state index is 11.6. The number of amides is 1. The minimum Gasteiger partial charge on any atom is -0.489 e. The molecule has 0 atom stereocenters. The van der Waals surface area contributed by atoms with Crippen molar-refractivity contribution in [2.75, 3.05) is 11.6 Å². The lowest BCUT2D eigenvalue weighted by atomic mass is 10.1. The first-order valence-corrected chi connectivity index (χ1v) is 9.41. The Morgan fingerprint density at radius 2 is 2.04 bits per heavy atom. The van der Waals surface area contributed by atoms with Crippen molar-refractivity contribution in [3.05, 3.63) is 57.6 Å². The summed E-state index contributed by atoms with van der Waals surface area (Å²) in [4.78, 5) is 11.6. The number of aryl methyl sites for hydroxylation is 2. The highest BCUT2D eigenvalue weighted by Crippen LogP contribution is 2.26. The number of carbonyl (C=O) groups excluding carboxylic acids is 1. The predicted octanol–water partition coefficient (Wildman–Crippen LogP) is 5.79. The lowest BCUT2D eigenvalue weighted by Crippen LogP contribution is -2.08. The van der Waals surface area contributed by atoms with Gasteiger partial charge in [0.15, 0.2) is 0 Å². The summed E-state index contributed by atoms with van der Waals surface area (Å²) in [6.07, 6.45) is 2.76. The summed E-state index contributed by atoms with van der Waals surface area (Å²) in [5, 5.41) is 2.79. The monoisotopic (exact) mass is 393 g/mol. The van der Waals surface area contributed by atoms with Crippen molar-refractivity contribution in [3.8, 4) is 5.75 Å². The van der Waals surface area contributed by atoms with E-state index in [1.54, 1.807) is 6.26 Å². The fourth-order valence-electron chi connectivity index (χ4n) is 2.20. The van der Waals surface area contributed by atoms with E-state index >= 15 is 0 Å². The fraction of sp³-hybridized carbons (Fsp3) is 0.278. The zero-order valence-corrected chi connectivity index (χ0v) is 15.9. The van der Waals surface area contributed by atoms with Crippen molar-refractivity contribution in [1.29, 1.82) is 0 Å². The van der Waals surface area contributed by atoms with Gasteiger partial charge in [0.25, 0.3) is 5.24 Å². The molecule has 0 spiro atoms. The molecule has 0 heterocycles. The van der Waals surface area contributed by atoms with Gasteiger partial charge < -0.3 is 10.1 Å². The summed E-state index contributed by atoms with van der Waals surface area (Å²) in [7, 11) is 0. The number of hydrogen-bond donors (Lipinski definition) is 1. The summed E-state index contributed by atoms with van der Waals surface area (Å²) in [5.41, 5.74) is 4.12. The SMILES string of the molecule is CCc1ccc(OCc2ccc(Br)cc2NC(=O)SC)c(C)c1. The van der Waals surface area contributed by atoms with Gasteiger partial charge in [0.1, 0.15) is 12.4 Å². The van der Waals surface area contributed by atoms with Gasteiger partial charge in [-0.05, 0) is 48.9 Å². The van der Waals surface area contributed by atoms with Crippen molar-refractivity contribution in [1.82, 2.24) is 0 Å². The molecule has 0 radical (unpaired) electrons. The van der Waals surface area contributed by atoms with Gasteiger partial charge in [0.05, 0.1) is 0 Å². The highest BCUT2D eigenvalue weighted by atomic mass is 79.9. The molecule has 0 aliphatic heterocycles. The number of ether oxygens (including phenoxy) is 1. The molecule has 0 bridgehead atoms. The second-order valence-corrected chi connectivity index (χ2v) is 6.85. The molecule has 2 rings (SSSR count). The van der Waals surface area contributed by atoms with E-state index in [2.05, 4.69) is 40.3 Å². The van der Waals surface area contributed by atoms with Crippen molar-refractivity contribution >= 4 is 38.6 Å². The molecule has 2 aromatic carbocycles. The van der Waals surface area contributed by atoms with Crippen LogP contribution < -0.4 is 10.1 Å². The maximum Gasteiger partial charge on any atom is 0.283 e. The molecule has 0 aromatic heterocycles. The molecular weight excluding hydrogens is 374 g/mol. The van der Waals surface area contributed by atoms with Crippen molar-refractivity contribution in [2.45, 2.75) is 26.9 Å². The number of carbonyl (C=O) groups is 1. The minimum absolute atomic E-state index is 0.0900. The molecule has 0 saturated carbocycles. The second-order valence-electron chi connectivity index (χ2n) is 5.16. The Morgan fingerprint density at radius 1 is 1.26 bits per heavy atom. The molecule has 3 nitrogen and oxygen atoms in total. The van der Waals surface area contributed by atoms with Gasteiger partial charge >= 0.3 is 0 Å². The second kappa shape index (κ2) is 8.41. The van der Waals surface area contributed by atoms with Crippen LogP contribution in [0.1, 0.15) is 23.6 Å². The highest BCUT2D eigenvalue weighted by molar-refractivity contribution is 9.10. The topological polar surface area (TPSA) is 38.3 Å². The Morgan fingerprint density at radius 3 is 2.70 bits per heavy atom. The molecule has 0 aliphatic carbocycles. The Kier molecular flexibility index (Phi) is 6.54. The van der Waals surface area contributed by atoms with Gasteiger partial charge in [-0.15, -0.1) is 0 Å². The van der Waals surface area contributed by atoms with E-state index in [1.165, 1.54) is 5.56 Å². The van der Waals surface area contributed by atoms with E-state index in [0.717, 1.165) is 45.2 Å². The molecular formula is C18H20BrNO2S. The smallest absolute Gasteiger partial charge is 0.283 e. The Balaban J connectivity index is 2.15. The molecule has 5 heteroatoms. The lowest BCUT2D eigenvalue weighted by molar-refractivity contribution is 0.269. The van der Waals surface area contributed by atoms with Crippen molar-refractivity contribution < 1.29 is 9.53 Å². The first-order chi connectivity index (χ1) is 11.0. The van der Waals surface area contributed by atoms with Gasteiger partial charge in [-0.1, -0.05) is 52.8 Å². The molecule has 0 fully saturated rings. The number of hydrogen-bond acceptors (Lipinski definition) is 3. The van der Waals surface area contributed by atoms with E-state index < -0.39 is 0 Å². The van der Waals surface area contributed by atoms with Crippen LogP contribution in [0, 0.1) is 6.92 Å². The summed E-state index contributed by atoms with van der Waals surface area (Å²) < 4.78 is 6.86. The van der Waals surface area contributed by atoms with Crippen LogP contribution in [0.3, 0.4) is 0 Å². The zero-order valence-electron chi connectivity index (χ0n) is 13.5. The van der Waals surface area contributed by atoms with Gasteiger partial charge in [-0.3, -0.25) is 4.79 Å². The number of anilines is 1. The molecule has 0 saturated heterocycles. The van der Waals surface area contributed by atoms with Crippen LogP contribution in [0.25, 0.3) is 0 Å². The number of nitrogens with one attached hydrogen (secondary N) is 1. The standard InChI is InChI=1S/C18H20BrNO2S/c1-4-13-5-8-17(12(2)9-13)22-11-14-6-7-15(19)10-16(14)20-18(21)23-3/h5-10H,4,11H2,1-3H3,(H,20,21). The Hall–Kier alpha value is -1.46. The molecule has 23 heavy (non-hydrogen) atoms. The van der Waals surface area contributed by atoms with Gasteiger partial charge in [0.2, 0.25) is 0 Å². The van der Waals surface area contributed by atoms with Crippen LogP contribution >= 0.6 is 27.7 Å². The normalized spacial score (nSPS) is 10.4. The Labute approximate surface area is 149 Å². The van der Waals surface area contributed by atoms with E-state index in [9.17, 15) is 4.79 Å². The van der Waals surface area contributed by atoms with E-state index in [4.69, 9.17) is 4.74 Å². The van der Waals surface area contributed by atoms with E-state index in [1.807, 2.05) is 31.2 Å². The van der Waals surface area contributed by atoms with Gasteiger partial charge in [0, 0.05) is 15.7 Å². The van der Waals surface area contributed by atoms with Crippen molar-refractivity contribution in [2.24, 2.45) is 0 Å². The molecule has 122 valence electrons. The maximum absolute atomic E-state index is 11.6. The van der Waals surface area contributed by atoms with Crippen LogP contribution in [0.5, 0.6) is 5.75 Å². The van der Waals surface area contributed by atoms with E-state index in [-0.39, 0.29) is 5.24 Å². The number of thioether (sulfide) groups is 1. The quantitative estimate of drug-likeness (QED) is 0.697. The van der Waals surface area contributed by atoms with Crippen LogP contribution in [-0.2, 0) is 13.0 Å². The van der Waals surface area contributed by atoms with E-state index in [0.29, 0.717) is 6.61 Å². The lowest BCUT2D eigenvalue weighted by Gasteiger charge is -2.14. The average Bonchev–Trinajstić information content (AvgIpc) is 2.54. The largest absolute Gasteiger partial charge is 0.489 e. The summed E-state index contributed by atoms with van der Waals surface area (Å²) in [5.74, 6) is 0.868. The van der Waals surface area contributed by atoms with Crippen LogP contribution in [0.4, 0.5) is 10.5 Å². The molecule has 1 amide bonds. The third-order valence-corrected chi connectivity index (χ3v) is 4.49. The summed E-state index contributed by atoms with van der Waals surface area (Å²) >= 11 is 4.58. The third-order valence-electron chi connectivity index (χ3n) is 3.52. The third kappa shape index (κ3) is 5.01. The minimum atomic E-state index is -0.0900. The van der Waals surface area contributed by atoms with Gasteiger partial charge in [-0.2, -0.15) is 0 Å². The fourth-order valence-corrected chi connectivity index (χ4v) is 2.77. The first-order valence-electron chi connectivity index (χ1n) is 7.39. The number of halogens is 1. The van der Waals surface area contributed by atoms with Crippen molar-refractivity contribution in [3.63, 3.8) is 0 Å². The molecule has 2 aromatic rings. The first kappa shape index (κ1) is 17.9. The summed E-state index contributed by atoms with van der Waals surface area (Å²) in [6, 6.07) is 12.0. The number of benzene rings is 2. The van der Waals surface area contributed by atoms with Crippen LogP contribution in [0.15, 0.2) is 40.9 Å². The molecule has 0 aliphatic rings. The molecule has 0 unspecified atom stereocenters. The molecule has 1 N–H and O–H groups in total. The van der Waals surface area contributed by atoms with Crippen LogP contribution in [0.2, 0.25) is 0 Å². The average molecular weight is 394 g/mol. The summed E-state index contributed by atoms with van der Waals surface area (Å²) in [6.45, 7) is 4.59. The van der Waals surface area contributed by atoms with Crippen LogP contribution in [-0.4, -0.2) is 11.5 Å². The highest BCUT2D eigenvalue weighted by Gasteiger charge is 2.09.